The van der Waals surface area contributed by atoms with Gasteiger partial charge in [0, 0.05) is 17.8 Å². The van der Waals surface area contributed by atoms with Crippen LogP contribution >= 0.6 is 0 Å². The molecule has 2 rings (SSSR count). The number of nitrogens with zero attached hydrogens (tertiary/aromatic N) is 1. The van der Waals surface area contributed by atoms with Crippen LogP contribution in [0.5, 0.6) is 5.75 Å². The quantitative estimate of drug-likeness (QED) is 0.686. The number of phenolic OH excluding ortho intramolecular Hbond substituents is 1. The third kappa shape index (κ3) is 2.31. The maximum Gasteiger partial charge on any atom is 0.290 e. The normalized spacial score (nSPS) is 18.8. The lowest BCUT2D eigenvalue weighted by Crippen LogP contribution is -2.36. The molecule has 1 aromatic carbocycles. The highest BCUT2D eigenvalue weighted by Gasteiger charge is 2.19. The summed E-state index contributed by atoms with van der Waals surface area (Å²) < 4.78 is 0. The van der Waals surface area contributed by atoms with Gasteiger partial charge in [0.25, 0.3) is 5.91 Å². The average molecular weight is 219 g/mol. The molecule has 0 aliphatic carbocycles. The Balaban J connectivity index is 2.03. The van der Waals surface area contributed by atoms with E-state index in [4.69, 9.17) is 0 Å². The number of amides is 1. The van der Waals surface area contributed by atoms with Crippen LogP contribution in [-0.2, 0) is 4.79 Å². The van der Waals surface area contributed by atoms with Gasteiger partial charge in [-0.05, 0) is 19.1 Å². The van der Waals surface area contributed by atoms with Gasteiger partial charge in [0.15, 0.2) is 5.84 Å². The van der Waals surface area contributed by atoms with E-state index in [0.29, 0.717) is 18.1 Å². The van der Waals surface area contributed by atoms with E-state index in [0.717, 1.165) is 0 Å². The van der Waals surface area contributed by atoms with Crippen molar-refractivity contribution in [3.63, 3.8) is 0 Å². The number of amidine groups is 1. The van der Waals surface area contributed by atoms with Gasteiger partial charge in [-0.2, -0.15) is 0 Å². The number of phenols is 1. The van der Waals surface area contributed by atoms with Gasteiger partial charge < -0.3 is 15.7 Å². The third-order valence-corrected chi connectivity index (χ3v) is 2.23. The number of aliphatic imine (C=N–C) groups is 1. The molecule has 0 fully saturated rings. The zero-order valence-electron chi connectivity index (χ0n) is 8.90. The summed E-state index contributed by atoms with van der Waals surface area (Å²) in [6.07, 6.45) is 0. The number of aromatic hydroxyl groups is 1. The molecule has 84 valence electrons. The number of carbonyl (C=O) groups excluding carboxylic acids is 1. The molecule has 1 heterocycles. The van der Waals surface area contributed by atoms with Gasteiger partial charge in [0.05, 0.1) is 6.54 Å². The number of benzene rings is 1. The standard InChI is InChI=1S/C11H13N3O2/c1-7-6-12-10(13-7)11(16)14-8-3-2-4-9(15)5-8/h2-5,7,15H,6H2,1H3,(H,12,13)(H,14,16). The smallest absolute Gasteiger partial charge is 0.290 e. The Morgan fingerprint density at radius 3 is 3.06 bits per heavy atom. The molecule has 1 amide bonds. The summed E-state index contributed by atoms with van der Waals surface area (Å²) in [4.78, 5) is 15.8. The molecule has 0 saturated carbocycles. The fourth-order valence-electron chi connectivity index (χ4n) is 1.46. The van der Waals surface area contributed by atoms with E-state index in [9.17, 15) is 9.90 Å². The molecule has 0 saturated heterocycles. The Morgan fingerprint density at radius 1 is 1.62 bits per heavy atom. The molecule has 1 unspecified atom stereocenters. The predicted octanol–water partition coefficient (Wildman–Crippen LogP) is 0.721. The highest BCUT2D eigenvalue weighted by Crippen LogP contribution is 2.15. The average Bonchev–Trinajstić information content (AvgIpc) is 2.65. The summed E-state index contributed by atoms with van der Waals surface area (Å²) in [5.41, 5.74) is 0.550. The first kappa shape index (κ1) is 10.5. The van der Waals surface area contributed by atoms with Crippen LogP contribution in [-0.4, -0.2) is 29.4 Å². The van der Waals surface area contributed by atoms with E-state index in [1.165, 1.54) is 6.07 Å². The van der Waals surface area contributed by atoms with E-state index in [2.05, 4.69) is 15.6 Å². The maximum atomic E-state index is 11.7. The highest BCUT2D eigenvalue weighted by atomic mass is 16.3. The molecule has 1 aliphatic rings. The van der Waals surface area contributed by atoms with Crippen LogP contribution in [0.3, 0.4) is 0 Å². The number of rotatable bonds is 2. The van der Waals surface area contributed by atoms with Gasteiger partial charge in [-0.1, -0.05) is 6.07 Å². The van der Waals surface area contributed by atoms with Crippen molar-refractivity contribution >= 4 is 17.4 Å². The molecular weight excluding hydrogens is 206 g/mol. The SMILES string of the molecule is CC1CN=C(C(=O)Nc2cccc(O)c2)N1. The molecule has 1 aromatic rings. The minimum atomic E-state index is -0.282. The fourth-order valence-corrected chi connectivity index (χ4v) is 1.46. The van der Waals surface area contributed by atoms with Crippen molar-refractivity contribution in [3.05, 3.63) is 24.3 Å². The van der Waals surface area contributed by atoms with E-state index in [-0.39, 0.29) is 17.7 Å². The van der Waals surface area contributed by atoms with Gasteiger partial charge >= 0.3 is 0 Å². The van der Waals surface area contributed by atoms with Crippen molar-refractivity contribution < 1.29 is 9.90 Å². The fraction of sp³-hybridized carbons (Fsp3) is 0.273. The van der Waals surface area contributed by atoms with Gasteiger partial charge in [-0.3, -0.25) is 9.79 Å². The first-order valence-electron chi connectivity index (χ1n) is 5.06. The Labute approximate surface area is 93.2 Å². The summed E-state index contributed by atoms with van der Waals surface area (Å²) in [7, 11) is 0. The summed E-state index contributed by atoms with van der Waals surface area (Å²) >= 11 is 0. The van der Waals surface area contributed by atoms with Crippen LogP contribution in [0.2, 0.25) is 0 Å². The molecule has 5 heteroatoms. The first-order chi connectivity index (χ1) is 7.65. The zero-order valence-corrected chi connectivity index (χ0v) is 8.90. The lowest BCUT2D eigenvalue weighted by molar-refractivity contribution is -0.110. The molecule has 3 N–H and O–H groups in total. The lowest BCUT2D eigenvalue weighted by Gasteiger charge is -2.07. The van der Waals surface area contributed by atoms with Crippen LogP contribution in [0.1, 0.15) is 6.92 Å². The summed E-state index contributed by atoms with van der Waals surface area (Å²) in [5.74, 6) is 0.179. The minimum Gasteiger partial charge on any atom is -0.508 e. The number of nitrogens with one attached hydrogen (secondary N) is 2. The Morgan fingerprint density at radius 2 is 2.44 bits per heavy atom. The minimum absolute atomic E-state index is 0.118. The topological polar surface area (TPSA) is 73.7 Å². The second-order valence-electron chi connectivity index (χ2n) is 3.74. The second kappa shape index (κ2) is 4.22. The molecule has 0 radical (unpaired) electrons. The predicted molar refractivity (Wildman–Crippen MR) is 61.6 cm³/mol. The van der Waals surface area contributed by atoms with Crippen LogP contribution < -0.4 is 10.6 Å². The van der Waals surface area contributed by atoms with Crippen molar-refractivity contribution in [2.45, 2.75) is 13.0 Å². The molecule has 5 nitrogen and oxygen atoms in total. The summed E-state index contributed by atoms with van der Waals surface area (Å²) in [6.45, 7) is 2.57. The van der Waals surface area contributed by atoms with Gasteiger partial charge in [-0.15, -0.1) is 0 Å². The molecule has 1 aliphatic heterocycles. The second-order valence-corrected chi connectivity index (χ2v) is 3.74. The number of carbonyl (C=O) groups is 1. The molecule has 0 bridgehead atoms. The molecule has 0 aromatic heterocycles. The van der Waals surface area contributed by atoms with Gasteiger partial charge in [-0.25, -0.2) is 0 Å². The van der Waals surface area contributed by atoms with Gasteiger partial charge in [0.2, 0.25) is 0 Å². The van der Waals surface area contributed by atoms with Crippen LogP contribution in [0.25, 0.3) is 0 Å². The van der Waals surface area contributed by atoms with E-state index >= 15 is 0 Å². The van der Waals surface area contributed by atoms with Gasteiger partial charge in [0.1, 0.15) is 5.75 Å². The summed E-state index contributed by atoms with van der Waals surface area (Å²) in [5, 5.41) is 14.9. The number of hydrogen-bond acceptors (Lipinski definition) is 4. The van der Waals surface area contributed by atoms with E-state index in [1.807, 2.05) is 6.92 Å². The van der Waals surface area contributed by atoms with Crippen LogP contribution in [0, 0.1) is 0 Å². The Hall–Kier alpha value is -2.04. The zero-order chi connectivity index (χ0) is 11.5. The third-order valence-electron chi connectivity index (χ3n) is 2.23. The first-order valence-corrected chi connectivity index (χ1v) is 5.06. The van der Waals surface area contributed by atoms with Crippen molar-refractivity contribution in [3.8, 4) is 5.75 Å². The molecular formula is C11H13N3O2. The van der Waals surface area contributed by atoms with E-state index < -0.39 is 0 Å². The van der Waals surface area contributed by atoms with E-state index in [1.54, 1.807) is 18.2 Å². The largest absolute Gasteiger partial charge is 0.508 e. The van der Waals surface area contributed by atoms with Crippen molar-refractivity contribution in [2.75, 3.05) is 11.9 Å². The molecule has 16 heavy (non-hydrogen) atoms. The Bertz CT molecular complexity index is 443. The molecule has 1 atom stereocenters. The monoisotopic (exact) mass is 219 g/mol. The number of hydrogen-bond donors (Lipinski definition) is 3. The summed E-state index contributed by atoms with van der Waals surface area (Å²) in [6, 6.07) is 6.60. The maximum absolute atomic E-state index is 11.7. The number of anilines is 1. The van der Waals surface area contributed by atoms with Crippen molar-refractivity contribution in [1.82, 2.24) is 5.32 Å². The van der Waals surface area contributed by atoms with Crippen LogP contribution in [0.15, 0.2) is 29.3 Å². The van der Waals surface area contributed by atoms with Crippen molar-refractivity contribution in [2.24, 2.45) is 4.99 Å². The Kier molecular flexibility index (Phi) is 2.76. The molecule has 0 spiro atoms. The lowest BCUT2D eigenvalue weighted by atomic mass is 10.3. The highest BCUT2D eigenvalue weighted by molar-refractivity contribution is 6.42. The van der Waals surface area contributed by atoms with Crippen LogP contribution in [0.4, 0.5) is 5.69 Å². The van der Waals surface area contributed by atoms with Crippen molar-refractivity contribution in [1.29, 1.82) is 0 Å².